The average Bonchev–Trinajstić information content (AvgIpc) is 3.09. The van der Waals surface area contributed by atoms with E-state index in [1.165, 1.54) is 0 Å². The molecule has 4 nitrogen and oxygen atoms in total. The Balaban J connectivity index is 1.75. The van der Waals surface area contributed by atoms with Gasteiger partial charge in [0, 0.05) is 29.8 Å². The number of likely N-dealkylation sites (tertiary alicyclic amines) is 1. The van der Waals surface area contributed by atoms with Crippen LogP contribution in [0.5, 0.6) is 0 Å². The van der Waals surface area contributed by atoms with E-state index >= 15 is 0 Å². The minimum Gasteiger partial charge on any atom is -0.332 e. The van der Waals surface area contributed by atoms with Gasteiger partial charge in [-0.25, -0.2) is 4.98 Å². The van der Waals surface area contributed by atoms with Crippen LogP contribution in [0.25, 0.3) is 0 Å². The van der Waals surface area contributed by atoms with Gasteiger partial charge in [0.25, 0.3) is 0 Å². The summed E-state index contributed by atoms with van der Waals surface area (Å²) in [7, 11) is 0. The van der Waals surface area contributed by atoms with Crippen LogP contribution in [0.2, 0.25) is 0 Å². The van der Waals surface area contributed by atoms with Gasteiger partial charge in [-0.05, 0) is 12.8 Å². The van der Waals surface area contributed by atoms with Crippen LogP contribution in [0, 0.1) is 0 Å². The number of thiazole rings is 1. The zero-order valence-electron chi connectivity index (χ0n) is 9.46. The molecule has 1 amide bonds. The number of carbonyl (C=O) groups excluding carboxylic acids is 1. The monoisotopic (exact) mass is 269 g/mol. The van der Waals surface area contributed by atoms with Crippen LogP contribution in [-0.2, 0) is 4.79 Å². The highest BCUT2D eigenvalue weighted by molar-refractivity contribution is 7.99. The van der Waals surface area contributed by atoms with Gasteiger partial charge in [-0.15, -0.1) is 23.1 Å². The lowest BCUT2D eigenvalue weighted by Crippen LogP contribution is -2.44. The fourth-order valence-corrected chi connectivity index (χ4v) is 4.16. The molecular formula is C11H15N3OS2. The van der Waals surface area contributed by atoms with Gasteiger partial charge in [-0.1, -0.05) is 0 Å². The van der Waals surface area contributed by atoms with Gasteiger partial charge in [0.2, 0.25) is 5.91 Å². The third-order valence-corrected chi connectivity index (χ3v) is 5.10. The highest BCUT2D eigenvalue weighted by atomic mass is 32.2. The molecule has 3 heterocycles. The predicted molar refractivity (Wildman–Crippen MR) is 70.1 cm³/mol. The summed E-state index contributed by atoms with van der Waals surface area (Å²) in [6.45, 7) is 0.881. The van der Waals surface area contributed by atoms with Crippen LogP contribution in [0.3, 0.4) is 0 Å². The minimum absolute atomic E-state index is 0.0144. The third kappa shape index (κ3) is 2.21. The minimum atomic E-state index is 0.0144. The largest absolute Gasteiger partial charge is 0.332 e. The van der Waals surface area contributed by atoms with Crippen LogP contribution in [0.4, 0.5) is 0 Å². The molecule has 92 valence electrons. The van der Waals surface area contributed by atoms with E-state index in [1.807, 2.05) is 16.5 Å². The zero-order valence-corrected chi connectivity index (χ0v) is 11.1. The van der Waals surface area contributed by atoms with Crippen molar-refractivity contribution in [1.29, 1.82) is 0 Å². The molecule has 1 aromatic heterocycles. The SMILES string of the molecule is O=C(C1CSCN1)N1CCCC1c1nccs1. The van der Waals surface area contributed by atoms with Gasteiger partial charge in [-0.2, -0.15) is 0 Å². The summed E-state index contributed by atoms with van der Waals surface area (Å²) in [5.41, 5.74) is 0. The Kier molecular flexibility index (Phi) is 3.35. The van der Waals surface area contributed by atoms with Crippen LogP contribution in [-0.4, -0.2) is 40.0 Å². The molecule has 2 fully saturated rings. The van der Waals surface area contributed by atoms with Crippen molar-refractivity contribution in [3.63, 3.8) is 0 Å². The zero-order chi connectivity index (χ0) is 11.7. The summed E-state index contributed by atoms with van der Waals surface area (Å²) in [5, 5.41) is 6.32. The number of carbonyl (C=O) groups is 1. The Labute approximate surface area is 109 Å². The fourth-order valence-electron chi connectivity index (χ4n) is 2.44. The maximum absolute atomic E-state index is 12.4. The predicted octanol–water partition coefficient (Wildman–Crippen LogP) is 1.47. The number of nitrogens with zero attached hydrogens (tertiary/aromatic N) is 2. The van der Waals surface area contributed by atoms with E-state index in [0.29, 0.717) is 0 Å². The molecule has 0 radical (unpaired) electrons. The number of nitrogens with one attached hydrogen (secondary N) is 1. The lowest BCUT2D eigenvalue weighted by Gasteiger charge is -2.25. The topological polar surface area (TPSA) is 45.2 Å². The summed E-state index contributed by atoms with van der Waals surface area (Å²) in [6.07, 6.45) is 3.97. The van der Waals surface area contributed by atoms with Gasteiger partial charge >= 0.3 is 0 Å². The molecule has 17 heavy (non-hydrogen) atoms. The molecule has 0 spiro atoms. The number of thioether (sulfide) groups is 1. The smallest absolute Gasteiger partial charge is 0.241 e. The van der Waals surface area contributed by atoms with Gasteiger partial charge in [0.1, 0.15) is 5.01 Å². The molecule has 1 aromatic rings. The standard InChI is InChI=1S/C11H15N3OS2/c15-11(8-6-16-7-13-8)14-4-1-2-9(14)10-12-3-5-17-10/h3,5,8-9,13H,1-2,4,6-7H2. The number of aromatic nitrogens is 1. The van der Waals surface area contributed by atoms with Gasteiger partial charge in [-0.3, -0.25) is 10.1 Å². The van der Waals surface area contributed by atoms with E-state index in [1.54, 1.807) is 23.1 Å². The second kappa shape index (κ2) is 4.96. The lowest BCUT2D eigenvalue weighted by molar-refractivity contribution is -0.133. The first-order valence-corrected chi connectivity index (χ1v) is 7.90. The molecule has 1 N–H and O–H groups in total. The van der Waals surface area contributed by atoms with Crippen LogP contribution < -0.4 is 5.32 Å². The van der Waals surface area contributed by atoms with Crippen molar-refractivity contribution in [2.24, 2.45) is 0 Å². The molecule has 6 heteroatoms. The van der Waals surface area contributed by atoms with Crippen molar-refractivity contribution in [2.45, 2.75) is 24.9 Å². The lowest BCUT2D eigenvalue weighted by atomic mass is 10.2. The van der Waals surface area contributed by atoms with E-state index in [0.717, 1.165) is 36.0 Å². The molecule has 2 saturated heterocycles. The van der Waals surface area contributed by atoms with Crippen molar-refractivity contribution in [3.05, 3.63) is 16.6 Å². The Morgan fingerprint density at radius 3 is 3.24 bits per heavy atom. The van der Waals surface area contributed by atoms with E-state index in [9.17, 15) is 4.79 Å². The quantitative estimate of drug-likeness (QED) is 0.883. The van der Waals surface area contributed by atoms with E-state index in [-0.39, 0.29) is 18.0 Å². The highest BCUT2D eigenvalue weighted by Gasteiger charge is 2.36. The maximum atomic E-state index is 12.4. The number of hydrogen-bond acceptors (Lipinski definition) is 5. The van der Waals surface area contributed by atoms with Crippen molar-refractivity contribution < 1.29 is 4.79 Å². The van der Waals surface area contributed by atoms with Crippen molar-refractivity contribution in [3.8, 4) is 0 Å². The van der Waals surface area contributed by atoms with Crippen molar-refractivity contribution >= 4 is 29.0 Å². The molecule has 3 rings (SSSR count). The summed E-state index contributed by atoms with van der Waals surface area (Å²) < 4.78 is 0. The first kappa shape index (κ1) is 11.5. The summed E-state index contributed by atoms with van der Waals surface area (Å²) in [6, 6.07) is 0.232. The fraction of sp³-hybridized carbons (Fsp3) is 0.636. The maximum Gasteiger partial charge on any atom is 0.241 e. The third-order valence-electron chi connectivity index (χ3n) is 3.29. The Hall–Kier alpha value is -0.590. The van der Waals surface area contributed by atoms with Crippen LogP contribution in [0.1, 0.15) is 23.9 Å². The molecule has 0 bridgehead atoms. The molecule has 2 atom stereocenters. The van der Waals surface area contributed by atoms with E-state index < -0.39 is 0 Å². The van der Waals surface area contributed by atoms with Crippen molar-refractivity contribution in [2.75, 3.05) is 18.2 Å². The molecule has 2 aliphatic heterocycles. The van der Waals surface area contributed by atoms with E-state index in [2.05, 4.69) is 10.3 Å². The summed E-state index contributed by atoms with van der Waals surface area (Å²) in [5.74, 6) is 2.05. The van der Waals surface area contributed by atoms with Gasteiger partial charge in [0.05, 0.1) is 12.1 Å². The summed E-state index contributed by atoms with van der Waals surface area (Å²) in [4.78, 5) is 18.8. The van der Waals surface area contributed by atoms with Gasteiger partial charge < -0.3 is 4.90 Å². The van der Waals surface area contributed by atoms with E-state index in [4.69, 9.17) is 0 Å². The molecule has 2 unspecified atom stereocenters. The molecule has 0 aromatic carbocycles. The van der Waals surface area contributed by atoms with Crippen LogP contribution in [0.15, 0.2) is 11.6 Å². The number of hydrogen-bond donors (Lipinski definition) is 1. The first-order chi connectivity index (χ1) is 8.36. The number of rotatable bonds is 2. The normalized spacial score (nSPS) is 28.8. The first-order valence-electron chi connectivity index (χ1n) is 5.87. The molecular weight excluding hydrogens is 254 g/mol. The molecule has 0 aliphatic carbocycles. The Bertz CT molecular complexity index is 389. The Morgan fingerprint density at radius 2 is 2.53 bits per heavy atom. The average molecular weight is 269 g/mol. The van der Waals surface area contributed by atoms with Gasteiger partial charge in [0.15, 0.2) is 0 Å². The second-order valence-electron chi connectivity index (χ2n) is 4.33. The number of amides is 1. The Morgan fingerprint density at radius 1 is 1.59 bits per heavy atom. The molecule has 0 saturated carbocycles. The van der Waals surface area contributed by atoms with Crippen molar-refractivity contribution in [1.82, 2.24) is 15.2 Å². The highest BCUT2D eigenvalue weighted by Crippen LogP contribution is 2.33. The molecule has 2 aliphatic rings. The summed E-state index contributed by atoms with van der Waals surface area (Å²) >= 11 is 3.45. The second-order valence-corrected chi connectivity index (χ2v) is 6.29. The van der Waals surface area contributed by atoms with Crippen LogP contribution >= 0.6 is 23.1 Å².